The Bertz CT molecular complexity index is 628. The van der Waals surface area contributed by atoms with Gasteiger partial charge in [-0.05, 0) is 44.5 Å². The zero-order valence-corrected chi connectivity index (χ0v) is 13.8. The zero-order chi connectivity index (χ0) is 16.7. The number of carbonyl (C=O) groups is 1. The molecule has 122 valence electrons. The second kappa shape index (κ2) is 8.22. The molecule has 4 heteroatoms. The predicted octanol–water partition coefficient (Wildman–Crippen LogP) is 3.35. The summed E-state index contributed by atoms with van der Waals surface area (Å²) in [7, 11) is 0. The van der Waals surface area contributed by atoms with E-state index in [1.54, 1.807) is 6.92 Å². The molecule has 0 saturated heterocycles. The van der Waals surface area contributed by atoms with E-state index in [4.69, 9.17) is 9.47 Å². The van der Waals surface area contributed by atoms with Crippen LogP contribution in [0.3, 0.4) is 0 Å². The first-order valence-corrected chi connectivity index (χ1v) is 7.77. The maximum atomic E-state index is 12.1. The quantitative estimate of drug-likeness (QED) is 0.853. The Morgan fingerprint density at radius 2 is 1.70 bits per heavy atom. The van der Waals surface area contributed by atoms with Crippen molar-refractivity contribution in [1.82, 2.24) is 5.32 Å². The molecule has 0 aliphatic rings. The number of rotatable bonds is 7. The number of hydrogen-bond acceptors (Lipinski definition) is 3. The molecule has 0 unspecified atom stereocenters. The van der Waals surface area contributed by atoms with E-state index < -0.39 is 6.10 Å². The Kier molecular flexibility index (Phi) is 6.03. The molecule has 0 saturated carbocycles. The number of amides is 1. The van der Waals surface area contributed by atoms with Crippen molar-refractivity contribution in [3.8, 4) is 11.5 Å². The van der Waals surface area contributed by atoms with E-state index >= 15 is 0 Å². The summed E-state index contributed by atoms with van der Waals surface area (Å²) in [5, 5.41) is 2.90. The molecule has 0 spiro atoms. The van der Waals surface area contributed by atoms with Gasteiger partial charge in [-0.3, -0.25) is 4.79 Å². The highest BCUT2D eigenvalue weighted by molar-refractivity contribution is 5.80. The lowest BCUT2D eigenvalue weighted by Crippen LogP contribution is -2.43. The van der Waals surface area contributed by atoms with Gasteiger partial charge in [0.2, 0.25) is 0 Å². The fraction of sp³-hybridized carbons (Fsp3) is 0.316. The molecule has 0 bridgehead atoms. The third-order valence-corrected chi connectivity index (χ3v) is 3.40. The van der Waals surface area contributed by atoms with Crippen molar-refractivity contribution >= 4 is 5.91 Å². The maximum absolute atomic E-state index is 12.1. The lowest BCUT2D eigenvalue weighted by Gasteiger charge is -2.19. The van der Waals surface area contributed by atoms with Crippen LogP contribution >= 0.6 is 0 Å². The minimum absolute atomic E-state index is 0.107. The van der Waals surface area contributed by atoms with Crippen LogP contribution in [0.2, 0.25) is 0 Å². The number of nitrogens with one attached hydrogen (secondary N) is 1. The van der Waals surface area contributed by atoms with Crippen LogP contribution in [0.5, 0.6) is 11.5 Å². The van der Waals surface area contributed by atoms with Crippen LogP contribution in [-0.4, -0.2) is 24.7 Å². The molecule has 0 heterocycles. The van der Waals surface area contributed by atoms with Crippen molar-refractivity contribution in [2.75, 3.05) is 6.61 Å². The monoisotopic (exact) mass is 313 g/mol. The second-order valence-corrected chi connectivity index (χ2v) is 5.56. The standard InChI is InChI=1S/C19H23NO3/c1-14-9-7-8-12-18(14)22-13-15(2)20-19(21)16(3)23-17-10-5-4-6-11-17/h4-12,15-16H,13H2,1-3H3,(H,20,21)/t15-,16-/m1/s1. The molecular formula is C19H23NO3. The fourth-order valence-corrected chi connectivity index (χ4v) is 2.09. The van der Waals surface area contributed by atoms with Crippen LogP contribution in [-0.2, 0) is 4.79 Å². The molecule has 4 nitrogen and oxygen atoms in total. The first kappa shape index (κ1) is 16.9. The third kappa shape index (κ3) is 5.33. The molecule has 0 fully saturated rings. The van der Waals surface area contributed by atoms with Crippen LogP contribution in [0.1, 0.15) is 19.4 Å². The van der Waals surface area contributed by atoms with Crippen molar-refractivity contribution in [1.29, 1.82) is 0 Å². The highest BCUT2D eigenvalue weighted by atomic mass is 16.5. The Hall–Kier alpha value is -2.49. The fourth-order valence-electron chi connectivity index (χ4n) is 2.09. The number of aryl methyl sites for hydroxylation is 1. The van der Waals surface area contributed by atoms with Gasteiger partial charge in [-0.15, -0.1) is 0 Å². The van der Waals surface area contributed by atoms with E-state index in [9.17, 15) is 4.79 Å². The summed E-state index contributed by atoms with van der Waals surface area (Å²) >= 11 is 0. The summed E-state index contributed by atoms with van der Waals surface area (Å²) in [4.78, 5) is 12.1. The second-order valence-electron chi connectivity index (χ2n) is 5.56. The minimum Gasteiger partial charge on any atom is -0.491 e. The van der Waals surface area contributed by atoms with Crippen molar-refractivity contribution in [3.05, 3.63) is 60.2 Å². The van der Waals surface area contributed by atoms with Crippen LogP contribution in [0.25, 0.3) is 0 Å². The van der Waals surface area contributed by atoms with E-state index in [-0.39, 0.29) is 11.9 Å². The molecule has 1 N–H and O–H groups in total. The average Bonchev–Trinajstić information content (AvgIpc) is 2.55. The smallest absolute Gasteiger partial charge is 0.261 e. The van der Waals surface area contributed by atoms with Gasteiger partial charge >= 0.3 is 0 Å². The molecule has 2 rings (SSSR count). The van der Waals surface area contributed by atoms with Gasteiger partial charge in [0, 0.05) is 0 Å². The normalized spacial score (nSPS) is 13.0. The lowest BCUT2D eigenvalue weighted by atomic mass is 10.2. The van der Waals surface area contributed by atoms with Gasteiger partial charge in [-0.1, -0.05) is 36.4 Å². The van der Waals surface area contributed by atoms with Crippen molar-refractivity contribution in [2.45, 2.75) is 32.9 Å². The Morgan fingerprint density at radius 3 is 2.39 bits per heavy atom. The van der Waals surface area contributed by atoms with Crippen molar-refractivity contribution in [3.63, 3.8) is 0 Å². The highest BCUT2D eigenvalue weighted by Gasteiger charge is 2.17. The highest BCUT2D eigenvalue weighted by Crippen LogP contribution is 2.16. The minimum atomic E-state index is -0.557. The van der Waals surface area contributed by atoms with Gasteiger partial charge in [0.25, 0.3) is 5.91 Å². The van der Waals surface area contributed by atoms with Crippen molar-refractivity contribution in [2.24, 2.45) is 0 Å². The molecule has 23 heavy (non-hydrogen) atoms. The summed E-state index contributed by atoms with van der Waals surface area (Å²) in [6.07, 6.45) is -0.557. The maximum Gasteiger partial charge on any atom is 0.261 e. The number of carbonyl (C=O) groups excluding carboxylic acids is 1. The molecular weight excluding hydrogens is 290 g/mol. The summed E-state index contributed by atoms with van der Waals surface area (Å²) in [6.45, 7) is 6.05. The van der Waals surface area contributed by atoms with Crippen LogP contribution in [0, 0.1) is 6.92 Å². The third-order valence-electron chi connectivity index (χ3n) is 3.40. The largest absolute Gasteiger partial charge is 0.491 e. The number of ether oxygens (including phenoxy) is 2. The molecule has 2 aromatic carbocycles. The van der Waals surface area contributed by atoms with Gasteiger partial charge < -0.3 is 14.8 Å². The lowest BCUT2D eigenvalue weighted by molar-refractivity contribution is -0.128. The first-order chi connectivity index (χ1) is 11.1. The molecule has 0 aliphatic heterocycles. The summed E-state index contributed by atoms with van der Waals surface area (Å²) < 4.78 is 11.3. The van der Waals surface area contributed by atoms with E-state index in [2.05, 4.69) is 5.32 Å². The van der Waals surface area contributed by atoms with Crippen LogP contribution in [0.15, 0.2) is 54.6 Å². The van der Waals surface area contributed by atoms with Crippen molar-refractivity contribution < 1.29 is 14.3 Å². The van der Waals surface area contributed by atoms with E-state index in [1.165, 1.54) is 0 Å². The van der Waals surface area contributed by atoms with E-state index in [1.807, 2.05) is 68.4 Å². The number of para-hydroxylation sites is 2. The predicted molar refractivity (Wildman–Crippen MR) is 90.8 cm³/mol. The molecule has 2 aromatic rings. The first-order valence-electron chi connectivity index (χ1n) is 7.77. The van der Waals surface area contributed by atoms with Crippen LogP contribution in [0.4, 0.5) is 0 Å². The molecule has 0 aromatic heterocycles. The molecule has 2 atom stereocenters. The summed E-state index contributed by atoms with van der Waals surface area (Å²) in [5.74, 6) is 1.36. The Morgan fingerprint density at radius 1 is 1.04 bits per heavy atom. The zero-order valence-electron chi connectivity index (χ0n) is 13.8. The molecule has 0 radical (unpaired) electrons. The van der Waals surface area contributed by atoms with Gasteiger partial charge in [0.05, 0.1) is 6.04 Å². The number of hydrogen-bond donors (Lipinski definition) is 1. The van der Waals surface area contributed by atoms with Gasteiger partial charge in [0.1, 0.15) is 18.1 Å². The SMILES string of the molecule is Cc1ccccc1OC[C@@H](C)NC(=O)[C@@H](C)Oc1ccccc1. The van der Waals surface area contributed by atoms with Gasteiger partial charge in [-0.25, -0.2) is 0 Å². The van der Waals surface area contributed by atoms with Gasteiger partial charge in [0.15, 0.2) is 6.10 Å². The van der Waals surface area contributed by atoms with Gasteiger partial charge in [-0.2, -0.15) is 0 Å². The van der Waals surface area contributed by atoms with E-state index in [0.29, 0.717) is 12.4 Å². The Balaban J connectivity index is 1.79. The summed E-state index contributed by atoms with van der Waals surface area (Å²) in [5.41, 5.74) is 1.08. The summed E-state index contributed by atoms with van der Waals surface area (Å²) in [6, 6.07) is 17.0. The average molecular weight is 313 g/mol. The molecule has 1 amide bonds. The van der Waals surface area contributed by atoms with Crippen LogP contribution < -0.4 is 14.8 Å². The van der Waals surface area contributed by atoms with E-state index in [0.717, 1.165) is 11.3 Å². The Labute approximate surface area is 137 Å². The topological polar surface area (TPSA) is 47.6 Å². The number of benzene rings is 2. The molecule has 0 aliphatic carbocycles.